The molecule has 5 rings (SSSR count). The summed E-state index contributed by atoms with van der Waals surface area (Å²) in [6.45, 7) is 4.65. The highest BCUT2D eigenvalue weighted by Gasteiger charge is 2.18. The molecular formula is C23H21N3O2S. The molecule has 0 bridgehead atoms. The maximum atomic E-state index is 12.7. The molecule has 0 radical (unpaired) electrons. The van der Waals surface area contributed by atoms with Crippen LogP contribution in [0.2, 0.25) is 0 Å². The van der Waals surface area contributed by atoms with Crippen molar-refractivity contribution >= 4 is 22.9 Å². The number of benzene rings is 1. The second kappa shape index (κ2) is 7.46. The minimum absolute atomic E-state index is 0.0697. The average Bonchev–Trinajstić information content (AvgIpc) is 3.39. The lowest BCUT2D eigenvalue weighted by atomic mass is 10.0. The van der Waals surface area contributed by atoms with Crippen molar-refractivity contribution < 1.29 is 9.53 Å². The zero-order valence-electron chi connectivity index (χ0n) is 16.2. The van der Waals surface area contributed by atoms with Crippen molar-refractivity contribution in [2.45, 2.75) is 6.92 Å². The largest absolute Gasteiger partial charge is 0.378 e. The molecule has 5 nitrogen and oxygen atoms in total. The smallest absolute Gasteiger partial charge is 0.254 e. The molecule has 0 unspecified atom stereocenters. The Morgan fingerprint density at radius 3 is 2.48 bits per heavy atom. The lowest BCUT2D eigenvalue weighted by Crippen LogP contribution is -2.40. The molecule has 1 aliphatic heterocycles. The van der Waals surface area contributed by atoms with Crippen molar-refractivity contribution in [1.29, 1.82) is 0 Å². The fourth-order valence-electron chi connectivity index (χ4n) is 3.66. The summed E-state index contributed by atoms with van der Waals surface area (Å²) in [7, 11) is 0. The zero-order chi connectivity index (χ0) is 19.8. The van der Waals surface area contributed by atoms with Crippen LogP contribution in [0.3, 0.4) is 0 Å². The van der Waals surface area contributed by atoms with Crippen molar-refractivity contribution in [3.05, 3.63) is 71.4 Å². The molecule has 6 heteroatoms. The summed E-state index contributed by atoms with van der Waals surface area (Å²) in [4.78, 5) is 21.5. The van der Waals surface area contributed by atoms with E-state index in [4.69, 9.17) is 4.74 Å². The van der Waals surface area contributed by atoms with Gasteiger partial charge in [-0.2, -0.15) is 0 Å². The fourth-order valence-corrected chi connectivity index (χ4v) is 4.53. The maximum Gasteiger partial charge on any atom is 0.254 e. The van der Waals surface area contributed by atoms with E-state index in [1.807, 2.05) is 41.4 Å². The van der Waals surface area contributed by atoms with Gasteiger partial charge in [0.25, 0.3) is 5.91 Å². The van der Waals surface area contributed by atoms with Gasteiger partial charge in [0.1, 0.15) is 5.65 Å². The predicted molar refractivity (Wildman–Crippen MR) is 115 cm³/mol. The standard InChI is InChI=1S/C23H21N3O2S/c1-16-2-8-21(29-16)20-14-24-22-9-7-19(15-26(20)22)17-3-5-18(6-4-17)23(27)25-10-12-28-13-11-25/h2-9,14-15H,10-13H2,1H3. The molecule has 146 valence electrons. The molecule has 4 aromatic rings. The lowest BCUT2D eigenvalue weighted by molar-refractivity contribution is 0.0303. The number of nitrogens with zero attached hydrogens (tertiary/aromatic N) is 3. The molecule has 1 aliphatic rings. The third kappa shape index (κ3) is 3.45. The molecule has 4 heterocycles. The van der Waals surface area contributed by atoms with Gasteiger partial charge in [-0.15, -0.1) is 11.3 Å². The number of amides is 1. The minimum Gasteiger partial charge on any atom is -0.378 e. The Morgan fingerprint density at radius 2 is 1.76 bits per heavy atom. The monoisotopic (exact) mass is 403 g/mol. The molecule has 29 heavy (non-hydrogen) atoms. The Hall–Kier alpha value is -2.96. The van der Waals surface area contributed by atoms with Gasteiger partial charge in [0.05, 0.1) is 30.0 Å². The maximum absolute atomic E-state index is 12.7. The van der Waals surface area contributed by atoms with Gasteiger partial charge in [-0.1, -0.05) is 12.1 Å². The van der Waals surface area contributed by atoms with Crippen LogP contribution in [0, 0.1) is 6.92 Å². The normalized spacial score (nSPS) is 14.4. The van der Waals surface area contributed by atoms with Crippen LogP contribution in [0.5, 0.6) is 0 Å². The molecule has 0 saturated carbocycles. The van der Waals surface area contributed by atoms with Gasteiger partial charge in [0.15, 0.2) is 0 Å². The van der Waals surface area contributed by atoms with Gasteiger partial charge in [-0.05, 0) is 54.4 Å². The van der Waals surface area contributed by atoms with Gasteiger partial charge in [0.2, 0.25) is 0 Å². The molecule has 0 atom stereocenters. The number of rotatable bonds is 3. The highest BCUT2D eigenvalue weighted by atomic mass is 32.1. The number of carbonyl (C=O) groups excluding carboxylic acids is 1. The summed E-state index contributed by atoms with van der Waals surface area (Å²) < 4.78 is 7.47. The van der Waals surface area contributed by atoms with E-state index in [1.54, 1.807) is 11.3 Å². The number of ether oxygens (including phenoxy) is 1. The number of imidazole rings is 1. The SMILES string of the molecule is Cc1ccc(-c2cnc3ccc(-c4ccc(C(=O)N5CCOCC5)cc4)cn23)s1. The number of fused-ring (bicyclic) bond motifs is 1. The predicted octanol–water partition coefficient (Wildman–Crippen LogP) is 4.51. The van der Waals surface area contributed by atoms with E-state index in [9.17, 15) is 4.79 Å². The number of aromatic nitrogens is 2. The summed E-state index contributed by atoms with van der Waals surface area (Å²) in [5.41, 5.74) is 4.91. The molecule has 3 aromatic heterocycles. The van der Waals surface area contributed by atoms with E-state index >= 15 is 0 Å². The first-order valence-electron chi connectivity index (χ1n) is 9.70. The van der Waals surface area contributed by atoms with Gasteiger partial charge in [-0.25, -0.2) is 4.98 Å². The number of hydrogen-bond donors (Lipinski definition) is 0. The second-order valence-electron chi connectivity index (χ2n) is 7.18. The van der Waals surface area contributed by atoms with Crippen molar-refractivity contribution in [2.75, 3.05) is 26.3 Å². The van der Waals surface area contributed by atoms with Gasteiger partial charge >= 0.3 is 0 Å². The fraction of sp³-hybridized carbons (Fsp3) is 0.217. The Bertz CT molecular complexity index is 1170. The summed E-state index contributed by atoms with van der Waals surface area (Å²) in [5.74, 6) is 0.0697. The lowest BCUT2D eigenvalue weighted by Gasteiger charge is -2.26. The van der Waals surface area contributed by atoms with Crippen LogP contribution >= 0.6 is 11.3 Å². The third-order valence-electron chi connectivity index (χ3n) is 5.26. The van der Waals surface area contributed by atoms with Gasteiger partial charge in [-0.3, -0.25) is 9.20 Å². The number of morpholine rings is 1. The van der Waals surface area contributed by atoms with Gasteiger partial charge < -0.3 is 9.64 Å². The quantitative estimate of drug-likeness (QED) is 0.506. The number of thiophene rings is 1. The van der Waals surface area contributed by atoms with E-state index in [-0.39, 0.29) is 5.91 Å². The second-order valence-corrected chi connectivity index (χ2v) is 8.47. The van der Waals surface area contributed by atoms with Crippen LogP contribution < -0.4 is 0 Å². The number of aryl methyl sites for hydroxylation is 1. The van der Waals surface area contributed by atoms with E-state index in [0.717, 1.165) is 22.5 Å². The third-order valence-corrected chi connectivity index (χ3v) is 6.29. The Morgan fingerprint density at radius 1 is 1.00 bits per heavy atom. The van der Waals surface area contributed by atoms with Crippen LogP contribution in [0.1, 0.15) is 15.2 Å². The summed E-state index contributed by atoms with van der Waals surface area (Å²) >= 11 is 1.77. The first-order chi connectivity index (χ1) is 14.2. The molecule has 1 amide bonds. The molecule has 1 aromatic carbocycles. The van der Waals surface area contributed by atoms with Crippen LogP contribution in [0.4, 0.5) is 0 Å². The Labute approximate surface area is 173 Å². The summed E-state index contributed by atoms with van der Waals surface area (Å²) in [5, 5.41) is 0. The van der Waals surface area contributed by atoms with E-state index < -0.39 is 0 Å². The van der Waals surface area contributed by atoms with Crippen LogP contribution in [-0.4, -0.2) is 46.5 Å². The minimum atomic E-state index is 0.0697. The number of pyridine rings is 1. The first-order valence-corrected chi connectivity index (χ1v) is 10.5. The number of hydrogen-bond acceptors (Lipinski definition) is 4. The van der Waals surface area contributed by atoms with Crippen molar-refractivity contribution in [2.24, 2.45) is 0 Å². The Balaban J connectivity index is 1.45. The zero-order valence-corrected chi connectivity index (χ0v) is 17.0. The highest BCUT2D eigenvalue weighted by molar-refractivity contribution is 7.15. The first kappa shape index (κ1) is 18.1. The topological polar surface area (TPSA) is 46.8 Å². The van der Waals surface area contributed by atoms with Crippen molar-refractivity contribution in [3.8, 4) is 21.7 Å². The van der Waals surface area contributed by atoms with Crippen LogP contribution in [0.25, 0.3) is 27.3 Å². The summed E-state index contributed by atoms with van der Waals surface area (Å²) in [6.07, 6.45) is 4.04. The van der Waals surface area contributed by atoms with Gasteiger partial charge in [0, 0.05) is 29.7 Å². The molecule has 1 saturated heterocycles. The average molecular weight is 404 g/mol. The molecular weight excluding hydrogens is 382 g/mol. The van der Waals surface area contributed by atoms with E-state index in [0.29, 0.717) is 31.9 Å². The highest BCUT2D eigenvalue weighted by Crippen LogP contribution is 2.30. The molecule has 0 spiro atoms. The van der Waals surface area contributed by atoms with E-state index in [2.05, 4.69) is 40.7 Å². The molecule has 0 N–H and O–H groups in total. The number of carbonyl (C=O) groups is 1. The molecule has 0 aliphatic carbocycles. The van der Waals surface area contributed by atoms with Crippen LogP contribution in [-0.2, 0) is 4.74 Å². The van der Waals surface area contributed by atoms with Crippen LogP contribution in [0.15, 0.2) is 60.9 Å². The summed E-state index contributed by atoms with van der Waals surface area (Å²) in [6, 6.07) is 16.2. The Kier molecular flexibility index (Phi) is 4.66. The molecule has 1 fully saturated rings. The van der Waals surface area contributed by atoms with E-state index in [1.165, 1.54) is 9.75 Å². The van der Waals surface area contributed by atoms with Crippen molar-refractivity contribution in [3.63, 3.8) is 0 Å². The van der Waals surface area contributed by atoms with Crippen molar-refractivity contribution in [1.82, 2.24) is 14.3 Å².